The zero-order chi connectivity index (χ0) is 20.2. The van der Waals surface area contributed by atoms with Crippen LogP contribution in [0.25, 0.3) is 0 Å². The molecule has 4 rings (SSSR count). The maximum absolute atomic E-state index is 12.8. The molecule has 0 radical (unpaired) electrons. The Labute approximate surface area is 170 Å². The van der Waals surface area contributed by atoms with E-state index in [0.717, 1.165) is 49.8 Å². The highest BCUT2D eigenvalue weighted by Gasteiger charge is 2.28. The molecule has 2 aliphatic carbocycles. The van der Waals surface area contributed by atoms with Gasteiger partial charge in [0.2, 0.25) is 6.10 Å². The SMILES string of the molecule is CCOC(=O)C(Cc1cccnc1)OC(=O)Nc1c2c(cc3c1CCC3)CCC2. The molecule has 29 heavy (non-hydrogen) atoms. The number of nitrogens with zero attached hydrogens (tertiary/aromatic N) is 1. The van der Waals surface area contributed by atoms with Crippen LogP contribution in [0.5, 0.6) is 0 Å². The fraction of sp³-hybridized carbons (Fsp3) is 0.435. The fourth-order valence-corrected chi connectivity index (χ4v) is 4.37. The highest BCUT2D eigenvalue weighted by atomic mass is 16.6. The Morgan fingerprint density at radius 2 is 1.86 bits per heavy atom. The summed E-state index contributed by atoms with van der Waals surface area (Å²) < 4.78 is 10.7. The van der Waals surface area contributed by atoms with E-state index in [2.05, 4.69) is 16.4 Å². The largest absolute Gasteiger partial charge is 0.463 e. The number of anilines is 1. The molecule has 0 saturated heterocycles. The van der Waals surface area contributed by atoms with E-state index in [1.165, 1.54) is 22.3 Å². The van der Waals surface area contributed by atoms with Gasteiger partial charge in [0, 0.05) is 18.8 Å². The van der Waals surface area contributed by atoms with E-state index in [0.29, 0.717) is 0 Å². The van der Waals surface area contributed by atoms with Gasteiger partial charge in [0.25, 0.3) is 0 Å². The van der Waals surface area contributed by atoms with Crippen LogP contribution in [0.2, 0.25) is 0 Å². The smallest absolute Gasteiger partial charge is 0.412 e. The highest BCUT2D eigenvalue weighted by Crippen LogP contribution is 2.38. The Kier molecular flexibility index (Phi) is 5.79. The summed E-state index contributed by atoms with van der Waals surface area (Å²) in [4.78, 5) is 29.2. The lowest BCUT2D eigenvalue weighted by molar-refractivity contribution is -0.152. The van der Waals surface area contributed by atoms with E-state index < -0.39 is 18.2 Å². The first-order valence-corrected chi connectivity index (χ1v) is 10.4. The van der Waals surface area contributed by atoms with Gasteiger partial charge >= 0.3 is 12.1 Å². The molecule has 1 aromatic carbocycles. The number of pyridine rings is 1. The standard InChI is InChI=1S/C23H26N2O4/c1-2-28-22(26)20(12-15-6-5-11-24-14-15)29-23(27)25-21-18-9-3-7-16(18)13-17-8-4-10-19(17)21/h5-6,11,13-14,20H,2-4,7-10,12H2,1H3,(H,25,27). The van der Waals surface area contributed by atoms with Crippen molar-refractivity contribution in [2.24, 2.45) is 0 Å². The number of rotatable bonds is 6. The van der Waals surface area contributed by atoms with Gasteiger partial charge in [-0.2, -0.15) is 0 Å². The van der Waals surface area contributed by atoms with Crippen molar-refractivity contribution in [2.45, 2.75) is 58.0 Å². The van der Waals surface area contributed by atoms with Crippen LogP contribution in [-0.4, -0.2) is 29.8 Å². The van der Waals surface area contributed by atoms with E-state index in [4.69, 9.17) is 9.47 Å². The summed E-state index contributed by atoms with van der Waals surface area (Å²) in [7, 11) is 0. The summed E-state index contributed by atoms with van der Waals surface area (Å²) in [6.07, 6.45) is 8.18. The van der Waals surface area contributed by atoms with Crippen molar-refractivity contribution in [3.05, 3.63) is 58.4 Å². The van der Waals surface area contributed by atoms with Crippen molar-refractivity contribution >= 4 is 17.7 Å². The van der Waals surface area contributed by atoms with Gasteiger partial charge < -0.3 is 9.47 Å². The number of amides is 1. The van der Waals surface area contributed by atoms with Crippen LogP contribution in [0.15, 0.2) is 30.6 Å². The van der Waals surface area contributed by atoms with Gasteiger partial charge in [-0.15, -0.1) is 0 Å². The van der Waals surface area contributed by atoms with Crippen LogP contribution >= 0.6 is 0 Å². The molecule has 1 aromatic heterocycles. The third kappa shape index (κ3) is 4.26. The number of nitrogens with one attached hydrogen (secondary N) is 1. The molecule has 1 N–H and O–H groups in total. The van der Waals surface area contributed by atoms with Gasteiger partial charge in [-0.05, 0) is 79.3 Å². The maximum Gasteiger partial charge on any atom is 0.412 e. The van der Waals surface area contributed by atoms with Crippen molar-refractivity contribution in [1.82, 2.24) is 4.98 Å². The molecule has 6 nitrogen and oxygen atoms in total. The zero-order valence-electron chi connectivity index (χ0n) is 16.7. The minimum Gasteiger partial charge on any atom is -0.463 e. The summed E-state index contributed by atoms with van der Waals surface area (Å²) in [5, 5.41) is 2.97. The van der Waals surface area contributed by atoms with E-state index >= 15 is 0 Å². The van der Waals surface area contributed by atoms with Gasteiger partial charge in [-0.3, -0.25) is 10.3 Å². The molecule has 1 amide bonds. The molecule has 1 atom stereocenters. The second-order valence-electron chi connectivity index (χ2n) is 7.57. The average Bonchev–Trinajstić information content (AvgIpc) is 3.37. The Morgan fingerprint density at radius 3 is 2.48 bits per heavy atom. The lowest BCUT2D eigenvalue weighted by Gasteiger charge is -2.19. The Hall–Kier alpha value is -2.89. The molecule has 0 bridgehead atoms. The first kappa shape index (κ1) is 19.4. The first-order chi connectivity index (χ1) is 14.2. The summed E-state index contributed by atoms with van der Waals surface area (Å²) in [5.41, 5.74) is 6.82. The fourth-order valence-electron chi connectivity index (χ4n) is 4.37. The highest BCUT2D eigenvalue weighted by molar-refractivity contribution is 5.90. The number of benzene rings is 1. The third-order valence-corrected chi connectivity index (χ3v) is 5.64. The van der Waals surface area contributed by atoms with Crippen molar-refractivity contribution in [3.8, 4) is 0 Å². The van der Waals surface area contributed by atoms with Crippen molar-refractivity contribution in [2.75, 3.05) is 11.9 Å². The molecule has 0 spiro atoms. The summed E-state index contributed by atoms with van der Waals surface area (Å²) in [6.45, 7) is 1.96. The summed E-state index contributed by atoms with van der Waals surface area (Å²) in [5.74, 6) is -0.546. The van der Waals surface area contributed by atoms with Gasteiger partial charge in [-0.1, -0.05) is 12.1 Å². The quantitative estimate of drug-likeness (QED) is 0.755. The van der Waals surface area contributed by atoms with E-state index in [1.807, 2.05) is 6.07 Å². The van der Waals surface area contributed by atoms with Crippen molar-refractivity contribution in [1.29, 1.82) is 0 Å². The number of ether oxygens (including phenoxy) is 2. The predicted octanol–water partition coefficient (Wildman–Crippen LogP) is 3.78. The number of carbonyl (C=O) groups excluding carboxylic acids is 2. The van der Waals surface area contributed by atoms with Gasteiger partial charge in [0.05, 0.1) is 12.3 Å². The minimum absolute atomic E-state index is 0.227. The van der Waals surface area contributed by atoms with Crippen LogP contribution in [0, 0.1) is 0 Å². The van der Waals surface area contributed by atoms with Crippen molar-refractivity contribution < 1.29 is 19.1 Å². The predicted molar refractivity (Wildman–Crippen MR) is 109 cm³/mol. The number of fused-ring (bicyclic) bond motifs is 2. The normalized spacial score (nSPS) is 15.3. The van der Waals surface area contributed by atoms with Crippen LogP contribution in [0.3, 0.4) is 0 Å². The lowest BCUT2D eigenvalue weighted by Crippen LogP contribution is -2.33. The number of aromatic nitrogens is 1. The van der Waals surface area contributed by atoms with E-state index in [1.54, 1.807) is 25.4 Å². The van der Waals surface area contributed by atoms with E-state index in [-0.39, 0.29) is 13.0 Å². The van der Waals surface area contributed by atoms with Crippen LogP contribution in [0.1, 0.15) is 47.6 Å². The number of hydrogen-bond donors (Lipinski definition) is 1. The second-order valence-corrected chi connectivity index (χ2v) is 7.57. The molecule has 152 valence electrons. The van der Waals surface area contributed by atoms with E-state index in [9.17, 15) is 9.59 Å². The zero-order valence-corrected chi connectivity index (χ0v) is 16.7. The molecular formula is C23H26N2O4. The topological polar surface area (TPSA) is 77.5 Å². The molecule has 0 aliphatic heterocycles. The molecule has 1 heterocycles. The van der Waals surface area contributed by atoms with Gasteiger partial charge in [0.15, 0.2) is 0 Å². The molecular weight excluding hydrogens is 368 g/mol. The molecule has 2 aromatic rings. The molecule has 6 heteroatoms. The molecule has 1 unspecified atom stereocenters. The summed E-state index contributed by atoms with van der Waals surface area (Å²) >= 11 is 0. The molecule has 0 saturated carbocycles. The minimum atomic E-state index is -1.01. The Balaban J connectivity index is 1.52. The monoisotopic (exact) mass is 394 g/mol. The maximum atomic E-state index is 12.8. The number of carbonyl (C=O) groups is 2. The number of hydrogen-bond acceptors (Lipinski definition) is 5. The lowest BCUT2D eigenvalue weighted by atomic mass is 9.99. The average molecular weight is 394 g/mol. The second kappa shape index (κ2) is 8.64. The number of esters is 1. The Bertz CT molecular complexity index is 879. The van der Waals surface area contributed by atoms with Crippen molar-refractivity contribution in [3.63, 3.8) is 0 Å². The Morgan fingerprint density at radius 1 is 1.14 bits per heavy atom. The molecule has 0 fully saturated rings. The van der Waals surface area contributed by atoms with Crippen LogP contribution in [0.4, 0.5) is 10.5 Å². The van der Waals surface area contributed by atoms with Crippen LogP contribution < -0.4 is 5.32 Å². The number of aryl methyl sites for hydroxylation is 2. The summed E-state index contributed by atoms with van der Waals surface area (Å²) in [6, 6.07) is 5.94. The van der Waals surface area contributed by atoms with Crippen LogP contribution in [-0.2, 0) is 46.4 Å². The molecule has 2 aliphatic rings. The van der Waals surface area contributed by atoms with Gasteiger partial charge in [0.1, 0.15) is 0 Å². The van der Waals surface area contributed by atoms with Gasteiger partial charge in [-0.25, -0.2) is 9.59 Å². The third-order valence-electron chi connectivity index (χ3n) is 5.64. The first-order valence-electron chi connectivity index (χ1n) is 10.4.